The van der Waals surface area contributed by atoms with E-state index in [2.05, 4.69) is 17.6 Å². The second kappa shape index (κ2) is 5.23. The van der Waals surface area contributed by atoms with Gasteiger partial charge in [0.05, 0.1) is 25.3 Å². The van der Waals surface area contributed by atoms with Crippen LogP contribution in [-0.2, 0) is 6.54 Å². The summed E-state index contributed by atoms with van der Waals surface area (Å²) in [7, 11) is 3.22. The van der Waals surface area contributed by atoms with Crippen molar-refractivity contribution in [3.05, 3.63) is 23.4 Å². The summed E-state index contributed by atoms with van der Waals surface area (Å²) in [6.45, 7) is 4.99. The third kappa shape index (κ3) is 2.01. The number of nitrogens with zero attached hydrogens (tertiary/aromatic N) is 2. The summed E-state index contributed by atoms with van der Waals surface area (Å²) in [4.78, 5) is 0. The molecule has 1 aromatic carbocycles. The zero-order valence-electron chi connectivity index (χ0n) is 11.8. The normalized spacial score (nSPS) is 10.5. The van der Waals surface area contributed by atoms with Crippen molar-refractivity contribution in [3.63, 3.8) is 0 Å². The van der Waals surface area contributed by atoms with Crippen LogP contribution in [-0.4, -0.2) is 18.8 Å². The van der Waals surface area contributed by atoms with Gasteiger partial charge in [0.1, 0.15) is 6.07 Å². The maximum absolute atomic E-state index is 9.35. The smallest absolute Gasteiger partial charge is 0.162 e. The molecule has 4 heteroatoms. The third-order valence-corrected chi connectivity index (χ3v) is 3.39. The molecule has 4 nitrogen and oxygen atoms in total. The molecule has 0 aliphatic carbocycles. The summed E-state index contributed by atoms with van der Waals surface area (Å²) in [5.41, 5.74) is 2.73. The van der Waals surface area contributed by atoms with Crippen LogP contribution < -0.4 is 9.47 Å². The monoisotopic (exact) mass is 258 g/mol. The van der Waals surface area contributed by atoms with Gasteiger partial charge in [-0.05, 0) is 19.4 Å². The van der Waals surface area contributed by atoms with Crippen molar-refractivity contribution in [1.82, 2.24) is 4.57 Å². The summed E-state index contributed by atoms with van der Waals surface area (Å²) >= 11 is 0. The Morgan fingerprint density at radius 1 is 1.21 bits per heavy atom. The molecular formula is C15H18N2O2. The van der Waals surface area contributed by atoms with Crippen molar-refractivity contribution in [3.8, 4) is 17.6 Å². The van der Waals surface area contributed by atoms with Crippen molar-refractivity contribution < 1.29 is 9.47 Å². The van der Waals surface area contributed by atoms with E-state index >= 15 is 0 Å². The van der Waals surface area contributed by atoms with Gasteiger partial charge >= 0.3 is 0 Å². The van der Waals surface area contributed by atoms with E-state index in [4.69, 9.17) is 9.47 Å². The van der Waals surface area contributed by atoms with Crippen molar-refractivity contribution in [2.75, 3.05) is 14.2 Å². The van der Waals surface area contributed by atoms with E-state index in [1.165, 1.54) is 0 Å². The first-order valence-corrected chi connectivity index (χ1v) is 6.32. The van der Waals surface area contributed by atoms with Gasteiger partial charge in [-0.25, -0.2) is 0 Å². The lowest BCUT2D eigenvalue weighted by Crippen LogP contribution is -1.99. The Morgan fingerprint density at radius 3 is 2.37 bits per heavy atom. The molecule has 1 heterocycles. The average Bonchev–Trinajstić information content (AvgIpc) is 2.69. The van der Waals surface area contributed by atoms with Crippen LogP contribution in [0.3, 0.4) is 0 Å². The van der Waals surface area contributed by atoms with Gasteiger partial charge in [-0.1, -0.05) is 6.92 Å². The van der Waals surface area contributed by atoms with Crippen molar-refractivity contribution in [2.24, 2.45) is 0 Å². The van der Waals surface area contributed by atoms with Gasteiger partial charge in [0.15, 0.2) is 11.5 Å². The SMILES string of the molecule is CCCn1c(C)c(C#N)c2cc(OC)c(OC)cc21. The zero-order valence-corrected chi connectivity index (χ0v) is 11.8. The number of ether oxygens (including phenoxy) is 2. The molecule has 0 spiro atoms. The highest BCUT2D eigenvalue weighted by molar-refractivity contribution is 5.91. The predicted molar refractivity (Wildman–Crippen MR) is 74.8 cm³/mol. The third-order valence-electron chi connectivity index (χ3n) is 3.39. The van der Waals surface area contributed by atoms with Gasteiger partial charge in [-0.15, -0.1) is 0 Å². The molecule has 0 saturated heterocycles. The molecule has 0 N–H and O–H groups in total. The Bertz CT molecular complexity index is 650. The topological polar surface area (TPSA) is 47.2 Å². The number of aromatic nitrogens is 1. The Morgan fingerprint density at radius 2 is 1.84 bits per heavy atom. The Kier molecular flexibility index (Phi) is 3.66. The van der Waals surface area contributed by atoms with Crippen molar-refractivity contribution in [1.29, 1.82) is 5.26 Å². The molecule has 0 saturated carbocycles. The largest absolute Gasteiger partial charge is 0.493 e. The number of hydrogen-bond acceptors (Lipinski definition) is 3. The number of benzene rings is 1. The number of nitriles is 1. The molecule has 0 fully saturated rings. The number of hydrogen-bond donors (Lipinski definition) is 0. The van der Waals surface area contributed by atoms with E-state index in [0.717, 1.165) is 29.6 Å². The number of aryl methyl sites for hydroxylation is 1. The molecule has 19 heavy (non-hydrogen) atoms. The van der Waals surface area contributed by atoms with Gasteiger partial charge in [-0.2, -0.15) is 5.26 Å². The number of methoxy groups -OCH3 is 2. The fraction of sp³-hybridized carbons (Fsp3) is 0.400. The molecule has 1 aromatic heterocycles. The summed E-state index contributed by atoms with van der Waals surface area (Å²) in [6.07, 6.45) is 1.02. The van der Waals surface area contributed by atoms with Crippen LogP contribution in [0.15, 0.2) is 12.1 Å². The van der Waals surface area contributed by atoms with E-state index < -0.39 is 0 Å². The minimum absolute atomic E-state index is 0.653. The first-order chi connectivity index (χ1) is 9.17. The highest BCUT2D eigenvalue weighted by Crippen LogP contribution is 2.36. The number of rotatable bonds is 4. The van der Waals surface area contributed by atoms with Crippen LogP contribution in [0.1, 0.15) is 24.6 Å². The average molecular weight is 258 g/mol. The van der Waals surface area contributed by atoms with Crippen molar-refractivity contribution >= 4 is 10.9 Å². The maximum Gasteiger partial charge on any atom is 0.162 e. The molecule has 2 aromatic rings. The maximum atomic E-state index is 9.35. The predicted octanol–water partition coefficient (Wildman–Crippen LogP) is 3.25. The van der Waals surface area contributed by atoms with E-state index in [1.54, 1.807) is 14.2 Å². The molecule has 0 aliphatic rings. The van der Waals surface area contributed by atoms with Crippen LogP contribution in [0.4, 0.5) is 0 Å². The molecule has 0 unspecified atom stereocenters. The number of fused-ring (bicyclic) bond motifs is 1. The summed E-state index contributed by atoms with van der Waals surface area (Å²) in [5.74, 6) is 1.34. The molecule has 0 atom stereocenters. The van der Waals surface area contributed by atoms with Crippen LogP contribution in [0.2, 0.25) is 0 Å². The minimum atomic E-state index is 0.653. The Balaban J connectivity index is 2.83. The minimum Gasteiger partial charge on any atom is -0.493 e. The van der Waals surface area contributed by atoms with E-state index in [-0.39, 0.29) is 0 Å². The van der Waals surface area contributed by atoms with Gasteiger partial charge in [0.25, 0.3) is 0 Å². The Labute approximate surface area is 113 Å². The first-order valence-electron chi connectivity index (χ1n) is 6.32. The van der Waals surface area contributed by atoms with Crippen LogP contribution in [0.25, 0.3) is 10.9 Å². The lowest BCUT2D eigenvalue weighted by molar-refractivity contribution is 0.355. The lowest BCUT2D eigenvalue weighted by Gasteiger charge is -2.10. The molecule has 100 valence electrons. The zero-order chi connectivity index (χ0) is 14.0. The van der Waals surface area contributed by atoms with Crippen LogP contribution in [0, 0.1) is 18.3 Å². The van der Waals surface area contributed by atoms with Crippen LogP contribution in [0.5, 0.6) is 11.5 Å². The summed E-state index contributed by atoms with van der Waals surface area (Å²) in [5, 5.41) is 10.3. The Hall–Kier alpha value is -2.15. The van der Waals surface area contributed by atoms with E-state index in [1.807, 2.05) is 19.1 Å². The second-order valence-electron chi connectivity index (χ2n) is 4.45. The van der Waals surface area contributed by atoms with Crippen molar-refractivity contribution in [2.45, 2.75) is 26.8 Å². The van der Waals surface area contributed by atoms with E-state index in [0.29, 0.717) is 17.1 Å². The van der Waals surface area contributed by atoms with Gasteiger partial charge in [0.2, 0.25) is 0 Å². The van der Waals surface area contributed by atoms with Gasteiger partial charge in [-0.3, -0.25) is 0 Å². The summed E-state index contributed by atoms with van der Waals surface area (Å²) in [6, 6.07) is 6.11. The molecular weight excluding hydrogens is 240 g/mol. The fourth-order valence-corrected chi connectivity index (χ4v) is 2.46. The first kappa shape index (κ1) is 13.3. The highest BCUT2D eigenvalue weighted by atomic mass is 16.5. The summed E-state index contributed by atoms with van der Waals surface area (Å²) < 4.78 is 12.8. The molecule has 0 aliphatic heterocycles. The lowest BCUT2D eigenvalue weighted by atomic mass is 10.1. The second-order valence-corrected chi connectivity index (χ2v) is 4.45. The molecule has 0 radical (unpaired) electrons. The quantitative estimate of drug-likeness (QED) is 0.845. The highest BCUT2D eigenvalue weighted by Gasteiger charge is 2.17. The van der Waals surface area contributed by atoms with Crippen LogP contribution >= 0.6 is 0 Å². The molecule has 0 bridgehead atoms. The molecule has 2 rings (SSSR count). The van der Waals surface area contributed by atoms with Gasteiger partial charge < -0.3 is 14.0 Å². The molecule has 0 amide bonds. The fourth-order valence-electron chi connectivity index (χ4n) is 2.46. The van der Waals surface area contributed by atoms with Gasteiger partial charge in [0, 0.05) is 23.7 Å². The standard InChI is InChI=1S/C15H18N2O2/c1-5-6-17-10(2)12(9-16)11-7-14(18-3)15(19-4)8-13(11)17/h7-8H,5-6H2,1-4H3. The van der Waals surface area contributed by atoms with E-state index in [9.17, 15) is 5.26 Å².